The second-order valence-electron chi connectivity index (χ2n) is 4.48. The van der Waals surface area contributed by atoms with E-state index >= 15 is 0 Å². The lowest BCUT2D eigenvalue weighted by Crippen LogP contribution is -2.32. The minimum absolute atomic E-state index is 0.231. The van der Waals surface area contributed by atoms with Gasteiger partial charge >= 0.3 is 0 Å². The van der Waals surface area contributed by atoms with E-state index in [9.17, 15) is 0 Å². The number of benzene rings is 1. The second kappa shape index (κ2) is 5.59. The molecule has 0 fully saturated rings. The normalized spacial score (nSPS) is 23.1. The van der Waals surface area contributed by atoms with Crippen molar-refractivity contribution in [1.29, 1.82) is 0 Å². The number of hydrogen-bond donors (Lipinski definition) is 1. The molecule has 0 spiro atoms. The number of hydrogen-bond acceptors (Lipinski definition) is 2. The Kier molecular flexibility index (Phi) is 4.34. The van der Waals surface area contributed by atoms with Gasteiger partial charge in [-0.05, 0) is 48.0 Å². The van der Waals surface area contributed by atoms with Crippen molar-refractivity contribution in [3.63, 3.8) is 0 Å². The van der Waals surface area contributed by atoms with Crippen molar-refractivity contribution in [2.24, 2.45) is 0 Å². The quantitative estimate of drug-likeness (QED) is 0.896. The van der Waals surface area contributed by atoms with Gasteiger partial charge in [0, 0.05) is 23.0 Å². The lowest BCUT2D eigenvalue weighted by molar-refractivity contribution is 0.165. The monoisotopic (exact) mass is 317 g/mol. The topological polar surface area (TPSA) is 21.3 Å². The van der Waals surface area contributed by atoms with E-state index in [1.165, 1.54) is 0 Å². The molecule has 0 bridgehead atoms. The van der Waals surface area contributed by atoms with Crippen LogP contribution in [0, 0.1) is 0 Å². The molecule has 1 heterocycles. The molecular formula is C13H17BrClNO. The first kappa shape index (κ1) is 13.2. The van der Waals surface area contributed by atoms with Gasteiger partial charge in [0.15, 0.2) is 0 Å². The first-order chi connectivity index (χ1) is 8.11. The van der Waals surface area contributed by atoms with Crippen molar-refractivity contribution in [2.75, 3.05) is 6.54 Å². The third kappa shape index (κ3) is 2.95. The summed E-state index contributed by atoms with van der Waals surface area (Å²) in [6, 6.07) is 4.22. The van der Waals surface area contributed by atoms with Gasteiger partial charge in [0.25, 0.3) is 0 Å². The largest absolute Gasteiger partial charge is 0.489 e. The predicted octanol–water partition coefficient (Wildman–Crippen LogP) is 4.31. The number of ether oxygens (including phenoxy) is 1. The fraction of sp³-hybridized carbons (Fsp3) is 0.538. The standard InChI is InChI=1S/C13H17BrClNO/c1-3-4-16-12-5-8(2)17-13-10(12)6-9(15)7-11(13)14/h6-8,12,16H,3-5H2,1-2H3. The maximum Gasteiger partial charge on any atom is 0.138 e. The molecule has 0 radical (unpaired) electrons. The van der Waals surface area contributed by atoms with Crippen molar-refractivity contribution >= 4 is 27.5 Å². The zero-order chi connectivity index (χ0) is 12.4. The zero-order valence-corrected chi connectivity index (χ0v) is 12.4. The summed E-state index contributed by atoms with van der Waals surface area (Å²) in [5.74, 6) is 0.932. The summed E-state index contributed by atoms with van der Waals surface area (Å²) in [5, 5.41) is 4.30. The van der Waals surface area contributed by atoms with Crippen molar-refractivity contribution < 1.29 is 4.74 Å². The van der Waals surface area contributed by atoms with E-state index in [1.807, 2.05) is 12.1 Å². The van der Waals surface area contributed by atoms with Gasteiger partial charge < -0.3 is 10.1 Å². The molecule has 17 heavy (non-hydrogen) atoms. The second-order valence-corrected chi connectivity index (χ2v) is 5.77. The summed E-state index contributed by atoms with van der Waals surface area (Å²) in [6.45, 7) is 5.29. The molecular weight excluding hydrogens is 302 g/mol. The Morgan fingerprint density at radius 1 is 1.53 bits per heavy atom. The Morgan fingerprint density at radius 2 is 2.29 bits per heavy atom. The average molecular weight is 319 g/mol. The van der Waals surface area contributed by atoms with E-state index in [0.29, 0.717) is 6.04 Å². The lowest BCUT2D eigenvalue weighted by atomic mass is 9.97. The van der Waals surface area contributed by atoms with Gasteiger partial charge in [0.2, 0.25) is 0 Å². The number of rotatable bonds is 3. The summed E-state index contributed by atoms with van der Waals surface area (Å²) in [6.07, 6.45) is 2.34. The van der Waals surface area contributed by atoms with Crippen LogP contribution in [-0.4, -0.2) is 12.6 Å². The van der Waals surface area contributed by atoms with Gasteiger partial charge in [-0.2, -0.15) is 0 Å². The Labute approximate surface area is 116 Å². The summed E-state index contributed by atoms with van der Waals surface area (Å²) in [7, 11) is 0. The molecule has 1 aromatic rings. The third-order valence-electron chi connectivity index (χ3n) is 2.94. The number of nitrogens with one attached hydrogen (secondary N) is 1. The minimum atomic E-state index is 0.231. The number of halogens is 2. The van der Waals surface area contributed by atoms with E-state index in [4.69, 9.17) is 16.3 Å². The maximum absolute atomic E-state index is 6.10. The molecule has 4 heteroatoms. The van der Waals surface area contributed by atoms with Crippen LogP contribution in [0.1, 0.15) is 38.3 Å². The van der Waals surface area contributed by atoms with Crippen molar-refractivity contribution in [3.8, 4) is 5.75 Å². The van der Waals surface area contributed by atoms with Gasteiger partial charge in [-0.1, -0.05) is 18.5 Å². The molecule has 2 unspecified atom stereocenters. The van der Waals surface area contributed by atoms with E-state index in [0.717, 1.165) is 40.2 Å². The van der Waals surface area contributed by atoms with Crippen LogP contribution < -0.4 is 10.1 Å². The highest BCUT2D eigenvalue weighted by atomic mass is 79.9. The molecule has 0 aromatic heterocycles. The molecule has 1 aliphatic rings. The first-order valence-corrected chi connectivity index (χ1v) is 7.18. The Bertz CT molecular complexity index is 411. The highest BCUT2D eigenvalue weighted by molar-refractivity contribution is 9.10. The van der Waals surface area contributed by atoms with Crippen molar-refractivity contribution in [2.45, 2.75) is 38.8 Å². The fourth-order valence-corrected chi connectivity index (χ4v) is 3.11. The minimum Gasteiger partial charge on any atom is -0.489 e. The van der Waals surface area contributed by atoms with Crippen LogP contribution in [-0.2, 0) is 0 Å². The van der Waals surface area contributed by atoms with Crippen LogP contribution in [0.25, 0.3) is 0 Å². The molecule has 0 saturated heterocycles. The molecule has 1 aromatic carbocycles. The van der Waals surface area contributed by atoms with Gasteiger partial charge in [-0.3, -0.25) is 0 Å². The third-order valence-corrected chi connectivity index (χ3v) is 3.75. The molecule has 0 saturated carbocycles. The zero-order valence-electron chi connectivity index (χ0n) is 10.1. The molecule has 2 rings (SSSR count). The van der Waals surface area contributed by atoms with Gasteiger partial charge in [0.1, 0.15) is 5.75 Å². The summed E-state index contributed by atoms with van der Waals surface area (Å²) in [5.41, 5.74) is 1.16. The molecule has 2 nitrogen and oxygen atoms in total. The lowest BCUT2D eigenvalue weighted by Gasteiger charge is -2.32. The Morgan fingerprint density at radius 3 is 3.00 bits per heavy atom. The SMILES string of the molecule is CCCNC1CC(C)Oc2c(Br)cc(Cl)cc21. The van der Waals surface area contributed by atoms with Gasteiger partial charge in [0.05, 0.1) is 10.6 Å². The molecule has 1 N–H and O–H groups in total. The summed E-state index contributed by atoms with van der Waals surface area (Å²) >= 11 is 9.62. The molecule has 0 aliphatic carbocycles. The Hall–Kier alpha value is -0.250. The van der Waals surface area contributed by atoms with E-state index in [1.54, 1.807) is 0 Å². The van der Waals surface area contributed by atoms with Crippen LogP contribution in [0.2, 0.25) is 5.02 Å². The van der Waals surface area contributed by atoms with Gasteiger partial charge in [-0.15, -0.1) is 0 Å². The van der Waals surface area contributed by atoms with E-state index < -0.39 is 0 Å². The van der Waals surface area contributed by atoms with Crippen LogP contribution in [0.3, 0.4) is 0 Å². The average Bonchev–Trinajstić information content (AvgIpc) is 2.27. The van der Waals surface area contributed by atoms with Crippen LogP contribution in [0.15, 0.2) is 16.6 Å². The van der Waals surface area contributed by atoms with Crippen molar-refractivity contribution in [1.82, 2.24) is 5.32 Å². The molecule has 0 amide bonds. The Balaban J connectivity index is 2.34. The highest BCUT2D eigenvalue weighted by Crippen LogP contribution is 2.41. The van der Waals surface area contributed by atoms with Crippen LogP contribution in [0.5, 0.6) is 5.75 Å². The molecule has 94 valence electrons. The summed E-state index contributed by atoms with van der Waals surface area (Å²) in [4.78, 5) is 0. The number of fused-ring (bicyclic) bond motifs is 1. The van der Waals surface area contributed by atoms with Crippen molar-refractivity contribution in [3.05, 3.63) is 27.2 Å². The predicted molar refractivity (Wildman–Crippen MR) is 74.9 cm³/mol. The summed E-state index contributed by atoms with van der Waals surface area (Å²) < 4.78 is 6.82. The van der Waals surface area contributed by atoms with E-state index in [-0.39, 0.29) is 6.10 Å². The first-order valence-electron chi connectivity index (χ1n) is 6.00. The van der Waals surface area contributed by atoms with Gasteiger partial charge in [-0.25, -0.2) is 0 Å². The van der Waals surface area contributed by atoms with Crippen LogP contribution in [0.4, 0.5) is 0 Å². The maximum atomic E-state index is 6.10. The molecule has 2 atom stereocenters. The highest BCUT2D eigenvalue weighted by Gasteiger charge is 2.27. The van der Waals surface area contributed by atoms with Crippen LogP contribution >= 0.6 is 27.5 Å². The smallest absolute Gasteiger partial charge is 0.138 e. The molecule has 1 aliphatic heterocycles. The van der Waals surface area contributed by atoms with E-state index in [2.05, 4.69) is 35.1 Å². The fourth-order valence-electron chi connectivity index (χ4n) is 2.18.